The summed E-state index contributed by atoms with van der Waals surface area (Å²) >= 11 is 6.21. The average Bonchev–Trinajstić information content (AvgIpc) is 3.03. The Morgan fingerprint density at radius 3 is 2.40 bits per heavy atom. The summed E-state index contributed by atoms with van der Waals surface area (Å²) in [6.07, 6.45) is 3.41. The Hall–Kier alpha value is -3.52. The fourth-order valence-corrected chi connectivity index (χ4v) is 6.30. The summed E-state index contributed by atoms with van der Waals surface area (Å²) in [5.41, 5.74) is 6.85. The predicted octanol–water partition coefficient (Wildman–Crippen LogP) is 8.39. The number of carbonyl (C=O) groups excluding carboxylic acids is 1. The molecule has 45 heavy (non-hydrogen) atoms. The second-order valence-corrected chi connectivity index (χ2v) is 13.1. The maximum atomic E-state index is 12.9. The Bertz CT molecular complexity index is 1510. The minimum atomic E-state index is -0.409. The van der Waals surface area contributed by atoms with E-state index in [0.717, 1.165) is 61.8 Å². The Kier molecular flexibility index (Phi) is 10.7. The standard InChI is InChI=1S/C37H45ClN2O5/c1-6-43-36(41)31-15-14-30(22-35(31)45-34-9-7-8-33(26(34)2)44-25-42-5)40-20-18-39(19-21-40)24-28-16-17-37(3,4)23-32(28)27-10-12-29(38)13-11-27/h7-15,22H,6,16-21,23-25H2,1-5H3. The van der Waals surface area contributed by atoms with Crippen LogP contribution in [0.1, 0.15) is 61.5 Å². The van der Waals surface area contributed by atoms with E-state index in [2.05, 4.69) is 35.8 Å². The van der Waals surface area contributed by atoms with Gasteiger partial charge in [0, 0.05) is 62.2 Å². The van der Waals surface area contributed by atoms with Crippen LogP contribution in [0.25, 0.3) is 5.57 Å². The van der Waals surface area contributed by atoms with Crippen LogP contribution in [-0.4, -0.2) is 64.1 Å². The van der Waals surface area contributed by atoms with Crippen LogP contribution in [0.3, 0.4) is 0 Å². The number of benzene rings is 3. The number of anilines is 1. The molecule has 5 rings (SSSR count). The molecule has 0 saturated carbocycles. The molecule has 7 nitrogen and oxygen atoms in total. The molecule has 1 aliphatic carbocycles. The lowest BCUT2D eigenvalue weighted by Crippen LogP contribution is -2.47. The summed E-state index contributed by atoms with van der Waals surface area (Å²) in [6, 6.07) is 19.7. The van der Waals surface area contributed by atoms with Gasteiger partial charge < -0.3 is 23.8 Å². The van der Waals surface area contributed by atoms with Gasteiger partial charge in [-0.2, -0.15) is 0 Å². The highest BCUT2D eigenvalue weighted by molar-refractivity contribution is 6.30. The molecule has 0 aromatic heterocycles. The number of esters is 1. The van der Waals surface area contributed by atoms with Crippen molar-refractivity contribution in [2.45, 2.75) is 47.0 Å². The number of piperazine rings is 1. The van der Waals surface area contributed by atoms with E-state index in [1.807, 2.05) is 55.5 Å². The highest BCUT2D eigenvalue weighted by Gasteiger charge is 2.29. The molecule has 1 fully saturated rings. The number of halogens is 1. The molecule has 0 N–H and O–H groups in total. The number of methoxy groups -OCH3 is 1. The zero-order chi connectivity index (χ0) is 32.0. The lowest BCUT2D eigenvalue weighted by molar-refractivity contribution is 0.0505. The number of hydrogen-bond donors (Lipinski definition) is 0. The SMILES string of the molecule is CCOC(=O)c1ccc(N2CCN(CC3=C(c4ccc(Cl)cc4)CC(C)(C)CC3)CC2)cc1Oc1cccc(OCOC)c1C. The van der Waals surface area contributed by atoms with E-state index >= 15 is 0 Å². The molecule has 1 saturated heterocycles. The molecular weight excluding hydrogens is 588 g/mol. The van der Waals surface area contributed by atoms with Crippen molar-refractivity contribution in [3.05, 3.63) is 87.9 Å². The van der Waals surface area contributed by atoms with E-state index < -0.39 is 5.97 Å². The maximum absolute atomic E-state index is 12.9. The van der Waals surface area contributed by atoms with Gasteiger partial charge in [-0.15, -0.1) is 0 Å². The first-order valence-electron chi connectivity index (χ1n) is 15.8. The summed E-state index contributed by atoms with van der Waals surface area (Å²) in [4.78, 5) is 17.8. The smallest absolute Gasteiger partial charge is 0.341 e. The number of carbonyl (C=O) groups is 1. The molecule has 240 valence electrons. The molecule has 1 heterocycles. The van der Waals surface area contributed by atoms with E-state index in [9.17, 15) is 4.79 Å². The van der Waals surface area contributed by atoms with Gasteiger partial charge in [0.1, 0.15) is 22.8 Å². The first kappa shape index (κ1) is 32.9. The Balaban J connectivity index is 1.32. The Morgan fingerprint density at radius 2 is 1.69 bits per heavy atom. The molecule has 2 aliphatic rings. The first-order chi connectivity index (χ1) is 21.7. The van der Waals surface area contributed by atoms with E-state index in [1.165, 1.54) is 17.6 Å². The number of hydrogen-bond acceptors (Lipinski definition) is 7. The van der Waals surface area contributed by atoms with Crippen molar-refractivity contribution in [1.29, 1.82) is 0 Å². The quantitative estimate of drug-likeness (QED) is 0.155. The van der Waals surface area contributed by atoms with E-state index in [0.29, 0.717) is 28.2 Å². The molecule has 3 aromatic rings. The Labute approximate surface area is 272 Å². The monoisotopic (exact) mass is 632 g/mol. The van der Waals surface area contributed by atoms with E-state index in [4.69, 9.17) is 30.5 Å². The number of allylic oxidation sites excluding steroid dienone is 1. The van der Waals surface area contributed by atoms with Gasteiger partial charge >= 0.3 is 5.97 Å². The van der Waals surface area contributed by atoms with Crippen LogP contribution in [0, 0.1) is 12.3 Å². The third-order valence-electron chi connectivity index (χ3n) is 8.78. The number of rotatable bonds is 11. The molecular formula is C37H45ClN2O5. The zero-order valence-electron chi connectivity index (χ0n) is 27.2. The summed E-state index contributed by atoms with van der Waals surface area (Å²) in [5, 5.41) is 0.774. The molecule has 8 heteroatoms. The van der Waals surface area contributed by atoms with Gasteiger partial charge in [0.2, 0.25) is 0 Å². The van der Waals surface area contributed by atoms with Gasteiger partial charge in [-0.25, -0.2) is 4.79 Å². The van der Waals surface area contributed by atoms with Crippen LogP contribution in [0.5, 0.6) is 17.2 Å². The van der Waals surface area contributed by atoms with Crippen molar-refractivity contribution in [2.24, 2.45) is 5.41 Å². The highest BCUT2D eigenvalue weighted by atomic mass is 35.5. The van der Waals surface area contributed by atoms with Crippen LogP contribution in [0.2, 0.25) is 5.02 Å². The van der Waals surface area contributed by atoms with Gasteiger partial charge in [-0.05, 0) is 86.1 Å². The van der Waals surface area contributed by atoms with Crippen LogP contribution in [0.15, 0.2) is 66.2 Å². The fraction of sp³-hybridized carbons (Fsp3) is 0.432. The van der Waals surface area contributed by atoms with Crippen LogP contribution in [0.4, 0.5) is 5.69 Å². The Morgan fingerprint density at radius 1 is 0.956 bits per heavy atom. The average molecular weight is 633 g/mol. The summed E-state index contributed by atoms with van der Waals surface area (Å²) in [5.74, 6) is 1.32. The third-order valence-corrected chi connectivity index (χ3v) is 9.03. The van der Waals surface area contributed by atoms with Crippen molar-refractivity contribution < 1.29 is 23.7 Å². The molecule has 1 aliphatic heterocycles. The predicted molar refractivity (Wildman–Crippen MR) is 181 cm³/mol. The third kappa shape index (κ3) is 8.20. The van der Waals surface area contributed by atoms with Crippen molar-refractivity contribution >= 4 is 28.8 Å². The van der Waals surface area contributed by atoms with Crippen LogP contribution < -0.4 is 14.4 Å². The summed E-state index contributed by atoms with van der Waals surface area (Å²) in [6.45, 7) is 13.5. The van der Waals surface area contributed by atoms with Gasteiger partial charge in [-0.3, -0.25) is 4.90 Å². The molecule has 3 aromatic carbocycles. The highest BCUT2D eigenvalue weighted by Crippen LogP contribution is 2.43. The minimum absolute atomic E-state index is 0.136. The molecule has 0 radical (unpaired) electrons. The van der Waals surface area contributed by atoms with Gasteiger partial charge in [0.25, 0.3) is 0 Å². The van der Waals surface area contributed by atoms with E-state index in [-0.39, 0.29) is 13.4 Å². The molecule has 0 amide bonds. The largest absolute Gasteiger partial charge is 0.467 e. The number of nitrogens with zero attached hydrogens (tertiary/aromatic N) is 2. The fourth-order valence-electron chi connectivity index (χ4n) is 6.17. The van der Waals surface area contributed by atoms with Crippen molar-refractivity contribution in [2.75, 3.05) is 58.1 Å². The lowest BCUT2D eigenvalue weighted by atomic mass is 9.72. The van der Waals surface area contributed by atoms with Gasteiger partial charge in [-0.1, -0.05) is 49.2 Å². The molecule has 0 bridgehead atoms. The molecule has 0 atom stereocenters. The maximum Gasteiger partial charge on any atom is 0.341 e. The van der Waals surface area contributed by atoms with E-state index in [1.54, 1.807) is 19.6 Å². The normalized spacial score (nSPS) is 16.9. The zero-order valence-corrected chi connectivity index (χ0v) is 27.9. The van der Waals surface area contributed by atoms with Crippen LogP contribution >= 0.6 is 11.6 Å². The number of ether oxygens (including phenoxy) is 4. The van der Waals surface area contributed by atoms with Crippen molar-refractivity contribution in [3.63, 3.8) is 0 Å². The lowest BCUT2D eigenvalue weighted by Gasteiger charge is -2.39. The van der Waals surface area contributed by atoms with Gasteiger partial charge in [0.05, 0.1) is 6.61 Å². The topological polar surface area (TPSA) is 60.5 Å². The van der Waals surface area contributed by atoms with Crippen molar-refractivity contribution in [3.8, 4) is 17.2 Å². The second-order valence-electron chi connectivity index (χ2n) is 12.6. The minimum Gasteiger partial charge on any atom is -0.467 e. The summed E-state index contributed by atoms with van der Waals surface area (Å²) in [7, 11) is 1.58. The van der Waals surface area contributed by atoms with Crippen LogP contribution in [-0.2, 0) is 9.47 Å². The second kappa shape index (κ2) is 14.7. The van der Waals surface area contributed by atoms with Crippen molar-refractivity contribution in [1.82, 2.24) is 4.90 Å². The summed E-state index contributed by atoms with van der Waals surface area (Å²) < 4.78 is 22.5. The molecule has 0 unspecified atom stereocenters. The first-order valence-corrected chi connectivity index (χ1v) is 16.2. The van der Waals surface area contributed by atoms with Gasteiger partial charge in [0.15, 0.2) is 6.79 Å². The molecule has 0 spiro atoms.